The van der Waals surface area contributed by atoms with Crippen molar-refractivity contribution in [1.82, 2.24) is 20.4 Å². The predicted molar refractivity (Wildman–Crippen MR) is 177 cm³/mol. The van der Waals surface area contributed by atoms with E-state index in [-0.39, 0.29) is 0 Å². The molecule has 4 heteroatoms. The monoisotopic (exact) mass is 558 g/mol. The van der Waals surface area contributed by atoms with Crippen molar-refractivity contribution >= 4 is 0 Å². The summed E-state index contributed by atoms with van der Waals surface area (Å²) in [6.07, 6.45) is 14.6. The molecule has 0 unspecified atom stereocenters. The maximum atomic E-state index is 4.91. The van der Waals surface area contributed by atoms with E-state index in [4.69, 9.17) is 10.2 Å². The number of hydrogen-bond acceptors (Lipinski definition) is 2. The summed E-state index contributed by atoms with van der Waals surface area (Å²) in [6, 6.07) is 30.1. The van der Waals surface area contributed by atoms with Gasteiger partial charge in [-0.05, 0) is 42.9 Å². The van der Waals surface area contributed by atoms with E-state index in [9.17, 15) is 0 Å². The third-order valence-electron chi connectivity index (χ3n) is 8.33. The van der Waals surface area contributed by atoms with Crippen LogP contribution in [0.3, 0.4) is 0 Å². The SMILES string of the molecule is CCCCCCCc1c(-c2cccc(-c3n[nH]c(-c4ccccc4)c3CCCCCCC)c2)n[nH]c1-c1ccccc1. The minimum absolute atomic E-state index is 1.02. The molecule has 0 spiro atoms. The van der Waals surface area contributed by atoms with Crippen LogP contribution in [0, 0.1) is 0 Å². The van der Waals surface area contributed by atoms with Crippen LogP contribution in [0.1, 0.15) is 89.2 Å². The maximum Gasteiger partial charge on any atom is 0.0959 e. The highest BCUT2D eigenvalue weighted by molar-refractivity contribution is 5.79. The minimum atomic E-state index is 1.02. The second-order valence-corrected chi connectivity index (χ2v) is 11.5. The highest BCUT2D eigenvalue weighted by atomic mass is 15.1. The van der Waals surface area contributed by atoms with Crippen molar-refractivity contribution in [1.29, 1.82) is 0 Å². The van der Waals surface area contributed by atoms with Gasteiger partial charge >= 0.3 is 0 Å². The van der Waals surface area contributed by atoms with Gasteiger partial charge in [-0.2, -0.15) is 10.2 Å². The van der Waals surface area contributed by atoms with Crippen LogP contribution in [0.5, 0.6) is 0 Å². The smallest absolute Gasteiger partial charge is 0.0959 e. The lowest BCUT2D eigenvalue weighted by Gasteiger charge is -2.10. The molecule has 0 saturated heterocycles. The summed E-state index contributed by atoms with van der Waals surface area (Å²) < 4.78 is 0. The largest absolute Gasteiger partial charge is 0.277 e. The molecule has 0 aliphatic carbocycles. The van der Waals surface area contributed by atoms with Gasteiger partial charge in [-0.25, -0.2) is 0 Å². The Kier molecular flexibility index (Phi) is 10.8. The van der Waals surface area contributed by atoms with Crippen molar-refractivity contribution < 1.29 is 0 Å². The molecule has 0 aliphatic rings. The summed E-state index contributed by atoms with van der Waals surface area (Å²) >= 11 is 0. The number of unbranched alkanes of at least 4 members (excludes halogenated alkanes) is 8. The van der Waals surface area contributed by atoms with Gasteiger partial charge in [0.15, 0.2) is 0 Å². The van der Waals surface area contributed by atoms with E-state index in [0.29, 0.717) is 0 Å². The van der Waals surface area contributed by atoms with E-state index in [2.05, 4.69) is 109 Å². The average Bonchev–Trinajstić information content (AvgIpc) is 3.66. The fourth-order valence-electron chi connectivity index (χ4n) is 6.01. The molecule has 5 rings (SSSR count). The predicted octanol–water partition coefficient (Wildman–Crippen LogP) is 10.8. The Morgan fingerprint density at radius 2 is 0.857 bits per heavy atom. The molecule has 4 nitrogen and oxygen atoms in total. The zero-order valence-corrected chi connectivity index (χ0v) is 25.5. The minimum Gasteiger partial charge on any atom is -0.277 e. The second-order valence-electron chi connectivity index (χ2n) is 11.5. The number of benzene rings is 3. The Bertz CT molecular complexity index is 1390. The fourth-order valence-corrected chi connectivity index (χ4v) is 6.01. The topological polar surface area (TPSA) is 57.4 Å². The molecule has 218 valence electrons. The van der Waals surface area contributed by atoms with Gasteiger partial charge < -0.3 is 0 Å². The number of aromatic nitrogens is 4. The molecule has 0 bridgehead atoms. The number of H-pyrrole nitrogens is 2. The Labute approximate surface area is 252 Å². The molecule has 0 saturated carbocycles. The standard InChI is InChI=1S/C38H46N4/c1-3-5-7-9-17-26-33-35(29-20-13-11-14-21-29)39-41-37(33)31-24-19-25-32(28-31)38-34(27-18-10-8-6-4-2)36(40-42-38)30-22-15-12-16-23-30/h11-16,19-25,28H,3-10,17-18,26-27H2,1-2H3,(H,39,41)(H,40,42). The molecule has 0 aliphatic heterocycles. The molecule has 42 heavy (non-hydrogen) atoms. The molecule has 5 aromatic rings. The number of rotatable bonds is 16. The van der Waals surface area contributed by atoms with Crippen molar-refractivity contribution in [3.63, 3.8) is 0 Å². The first-order valence-electron chi connectivity index (χ1n) is 16.2. The van der Waals surface area contributed by atoms with Crippen LogP contribution >= 0.6 is 0 Å². The van der Waals surface area contributed by atoms with Crippen LogP contribution in [0.15, 0.2) is 84.9 Å². The number of nitrogens with zero attached hydrogens (tertiary/aromatic N) is 2. The molecule has 0 amide bonds. The van der Waals surface area contributed by atoms with Gasteiger partial charge in [0.1, 0.15) is 0 Å². The molecule has 3 aromatic carbocycles. The highest BCUT2D eigenvalue weighted by Gasteiger charge is 2.19. The first-order chi connectivity index (χ1) is 20.8. The van der Waals surface area contributed by atoms with Crippen molar-refractivity contribution in [2.24, 2.45) is 0 Å². The van der Waals surface area contributed by atoms with Crippen molar-refractivity contribution in [2.45, 2.75) is 90.9 Å². The normalized spacial score (nSPS) is 11.3. The molecular weight excluding hydrogens is 512 g/mol. The first-order valence-corrected chi connectivity index (χ1v) is 16.2. The first kappa shape index (κ1) is 29.6. The van der Waals surface area contributed by atoms with Crippen molar-refractivity contribution in [2.75, 3.05) is 0 Å². The average molecular weight is 559 g/mol. The van der Waals surface area contributed by atoms with Crippen molar-refractivity contribution in [3.05, 3.63) is 96.1 Å². The molecule has 0 radical (unpaired) electrons. The van der Waals surface area contributed by atoms with Gasteiger partial charge in [0.05, 0.1) is 22.8 Å². The molecule has 2 heterocycles. The molecule has 0 fully saturated rings. The zero-order valence-electron chi connectivity index (χ0n) is 25.5. The van der Waals surface area contributed by atoms with Crippen molar-refractivity contribution in [3.8, 4) is 45.0 Å². The van der Waals surface area contributed by atoms with E-state index in [1.807, 2.05) is 0 Å². The number of aromatic amines is 2. The van der Waals surface area contributed by atoms with Gasteiger partial charge in [0, 0.05) is 22.3 Å². The third-order valence-corrected chi connectivity index (χ3v) is 8.33. The van der Waals surface area contributed by atoms with E-state index in [1.54, 1.807) is 0 Å². The lowest BCUT2D eigenvalue weighted by Crippen LogP contribution is -1.94. The van der Waals surface area contributed by atoms with Gasteiger partial charge in [-0.3, -0.25) is 10.2 Å². The summed E-state index contributed by atoms with van der Waals surface area (Å²) in [5.41, 5.74) is 11.7. The molecule has 0 atom stereocenters. The fraction of sp³-hybridized carbons (Fsp3) is 0.368. The molecular formula is C38H46N4. The van der Waals surface area contributed by atoms with Gasteiger partial charge in [0.25, 0.3) is 0 Å². The lowest BCUT2D eigenvalue weighted by atomic mass is 9.94. The van der Waals surface area contributed by atoms with Crippen LogP contribution in [0.25, 0.3) is 45.0 Å². The van der Waals surface area contributed by atoms with Crippen LogP contribution in [-0.4, -0.2) is 20.4 Å². The Balaban J connectivity index is 1.48. The number of nitrogens with one attached hydrogen (secondary N) is 2. The summed E-state index contributed by atoms with van der Waals surface area (Å²) in [7, 11) is 0. The summed E-state index contributed by atoms with van der Waals surface area (Å²) in [5.74, 6) is 0. The Morgan fingerprint density at radius 3 is 1.29 bits per heavy atom. The third kappa shape index (κ3) is 7.28. The zero-order chi connectivity index (χ0) is 29.0. The summed E-state index contributed by atoms with van der Waals surface area (Å²) in [5, 5.41) is 16.6. The van der Waals surface area contributed by atoms with Crippen LogP contribution in [0.2, 0.25) is 0 Å². The Hall–Kier alpha value is -3.92. The Morgan fingerprint density at radius 1 is 0.452 bits per heavy atom. The summed E-state index contributed by atoms with van der Waals surface area (Å²) in [6.45, 7) is 4.55. The van der Waals surface area contributed by atoms with E-state index in [1.165, 1.54) is 86.5 Å². The quantitative estimate of drug-likeness (QED) is 0.118. The highest BCUT2D eigenvalue weighted by Crippen LogP contribution is 2.36. The maximum absolute atomic E-state index is 4.91. The van der Waals surface area contributed by atoms with E-state index in [0.717, 1.165) is 46.7 Å². The molecule has 2 aromatic heterocycles. The number of hydrogen-bond donors (Lipinski definition) is 2. The van der Waals surface area contributed by atoms with Crippen LogP contribution in [-0.2, 0) is 12.8 Å². The van der Waals surface area contributed by atoms with Crippen LogP contribution < -0.4 is 0 Å². The van der Waals surface area contributed by atoms with Gasteiger partial charge in [-0.15, -0.1) is 0 Å². The van der Waals surface area contributed by atoms with Crippen LogP contribution in [0.4, 0.5) is 0 Å². The van der Waals surface area contributed by atoms with E-state index < -0.39 is 0 Å². The lowest BCUT2D eigenvalue weighted by molar-refractivity contribution is 0.633. The van der Waals surface area contributed by atoms with Gasteiger partial charge in [0.2, 0.25) is 0 Å². The molecule has 2 N–H and O–H groups in total. The van der Waals surface area contributed by atoms with E-state index >= 15 is 0 Å². The van der Waals surface area contributed by atoms with Gasteiger partial charge in [-0.1, -0.05) is 144 Å². The summed E-state index contributed by atoms with van der Waals surface area (Å²) in [4.78, 5) is 0. The second kappa shape index (κ2) is 15.3.